The summed E-state index contributed by atoms with van der Waals surface area (Å²) in [5.41, 5.74) is 3.09. The number of benzene rings is 3. The van der Waals surface area contributed by atoms with Gasteiger partial charge in [0.2, 0.25) is 0 Å². The largest absolute Gasteiger partial charge is 0.487 e. The number of hydrogen-bond acceptors (Lipinski definition) is 3. The number of carbonyl (C=O) groups is 1. The molecule has 0 aliphatic rings. The molecule has 0 spiro atoms. The zero-order chi connectivity index (χ0) is 21.6. The molecule has 1 heterocycles. The van der Waals surface area contributed by atoms with Crippen molar-refractivity contribution in [1.29, 1.82) is 0 Å². The van der Waals surface area contributed by atoms with Gasteiger partial charge in [0.25, 0.3) is 5.91 Å². The van der Waals surface area contributed by atoms with Crippen LogP contribution in [-0.4, -0.2) is 15.7 Å². The summed E-state index contributed by atoms with van der Waals surface area (Å²) in [4.78, 5) is 12.7. The first kappa shape index (κ1) is 21.0. The number of halogens is 2. The highest BCUT2D eigenvalue weighted by Crippen LogP contribution is 2.24. The summed E-state index contributed by atoms with van der Waals surface area (Å²) in [5.74, 6) is 0.387. The average Bonchev–Trinajstić information content (AvgIpc) is 3.21. The maximum absolute atomic E-state index is 12.7. The van der Waals surface area contributed by atoms with E-state index in [2.05, 4.69) is 10.4 Å². The van der Waals surface area contributed by atoms with Crippen LogP contribution in [0.1, 0.15) is 21.5 Å². The van der Waals surface area contributed by atoms with E-state index in [1.807, 2.05) is 48.5 Å². The standard InChI is InChI=1S/C24H19Cl2N3O2/c25-20-10-8-17(9-11-20)14-29-15-21(13-27-29)28-24(30)19-5-3-4-18(12-19)16-31-23-7-2-1-6-22(23)26/h1-13,15H,14,16H2,(H,28,30). The van der Waals surface area contributed by atoms with Crippen LogP contribution in [0.25, 0.3) is 0 Å². The fourth-order valence-electron chi connectivity index (χ4n) is 3.02. The van der Waals surface area contributed by atoms with E-state index < -0.39 is 0 Å². The molecule has 0 aliphatic carbocycles. The van der Waals surface area contributed by atoms with E-state index in [4.69, 9.17) is 27.9 Å². The average molecular weight is 452 g/mol. The Labute approximate surface area is 190 Å². The van der Waals surface area contributed by atoms with Crippen molar-refractivity contribution in [3.05, 3.63) is 112 Å². The quantitative estimate of drug-likeness (QED) is 0.370. The van der Waals surface area contributed by atoms with Gasteiger partial charge in [-0.25, -0.2) is 0 Å². The van der Waals surface area contributed by atoms with Gasteiger partial charge in [0, 0.05) is 16.8 Å². The van der Waals surface area contributed by atoms with E-state index in [9.17, 15) is 4.79 Å². The Morgan fingerprint density at radius 2 is 1.77 bits per heavy atom. The minimum Gasteiger partial charge on any atom is -0.487 e. The van der Waals surface area contributed by atoms with Crippen LogP contribution < -0.4 is 10.1 Å². The van der Waals surface area contributed by atoms with E-state index in [-0.39, 0.29) is 5.91 Å². The molecule has 31 heavy (non-hydrogen) atoms. The zero-order valence-electron chi connectivity index (χ0n) is 16.5. The van der Waals surface area contributed by atoms with E-state index >= 15 is 0 Å². The molecule has 0 atom stereocenters. The normalized spacial score (nSPS) is 10.6. The number of hydrogen-bond donors (Lipinski definition) is 1. The molecule has 0 radical (unpaired) electrons. The third-order valence-corrected chi connectivity index (χ3v) is 5.13. The molecule has 7 heteroatoms. The van der Waals surface area contributed by atoms with Crippen molar-refractivity contribution in [1.82, 2.24) is 9.78 Å². The molecule has 0 fully saturated rings. The zero-order valence-corrected chi connectivity index (χ0v) is 18.0. The number of rotatable bonds is 7. The van der Waals surface area contributed by atoms with E-state index in [0.29, 0.717) is 40.2 Å². The predicted molar refractivity (Wildman–Crippen MR) is 123 cm³/mol. The minimum atomic E-state index is -0.217. The molecule has 0 saturated heterocycles. The summed E-state index contributed by atoms with van der Waals surface area (Å²) in [6.45, 7) is 0.895. The Morgan fingerprint density at radius 1 is 0.968 bits per heavy atom. The molecule has 0 unspecified atom stereocenters. The Kier molecular flexibility index (Phi) is 6.55. The van der Waals surface area contributed by atoms with Gasteiger partial charge < -0.3 is 10.1 Å². The summed E-state index contributed by atoms with van der Waals surface area (Å²) in [5, 5.41) is 8.42. The maximum Gasteiger partial charge on any atom is 0.255 e. The number of nitrogens with zero attached hydrogens (tertiary/aromatic N) is 2. The van der Waals surface area contributed by atoms with Crippen LogP contribution in [0.15, 0.2) is 85.2 Å². The Balaban J connectivity index is 1.37. The number of amides is 1. The number of nitrogens with one attached hydrogen (secondary N) is 1. The van der Waals surface area contributed by atoms with E-state index in [1.165, 1.54) is 0 Å². The molecular formula is C24H19Cl2N3O2. The molecule has 4 aromatic rings. The van der Waals surface area contributed by atoms with Crippen molar-refractivity contribution < 1.29 is 9.53 Å². The molecule has 0 aliphatic heterocycles. The molecule has 1 amide bonds. The Bertz CT molecular complexity index is 1190. The summed E-state index contributed by atoms with van der Waals surface area (Å²) in [6, 6.07) is 22.1. The van der Waals surface area contributed by atoms with Gasteiger partial charge in [-0.15, -0.1) is 0 Å². The van der Waals surface area contributed by atoms with Crippen molar-refractivity contribution in [2.45, 2.75) is 13.2 Å². The van der Waals surface area contributed by atoms with E-state index in [1.54, 1.807) is 41.3 Å². The van der Waals surface area contributed by atoms with E-state index in [0.717, 1.165) is 11.1 Å². The molecule has 5 nitrogen and oxygen atoms in total. The molecule has 3 aromatic carbocycles. The first-order chi connectivity index (χ1) is 15.1. The topological polar surface area (TPSA) is 56.2 Å². The molecule has 156 valence electrons. The minimum absolute atomic E-state index is 0.217. The van der Waals surface area contributed by atoms with Crippen LogP contribution >= 0.6 is 23.2 Å². The van der Waals surface area contributed by atoms with Crippen molar-refractivity contribution in [3.63, 3.8) is 0 Å². The third-order valence-electron chi connectivity index (χ3n) is 4.57. The molecule has 1 N–H and O–H groups in total. The van der Waals surface area contributed by atoms with Crippen molar-refractivity contribution in [3.8, 4) is 5.75 Å². The summed E-state index contributed by atoms with van der Waals surface area (Å²) in [6.07, 6.45) is 3.41. The molecule has 4 rings (SSSR count). The van der Waals surface area contributed by atoms with Gasteiger partial charge in [0.1, 0.15) is 12.4 Å². The van der Waals surface area contributed by atoms with Crippen LogP contribution in [-0.2, 0) is 13.2 Å². The van der Waals surface area contributed by atoms with Gasteiger partial charge in [-0.1, -0.05) is 59.6 Å². The number of ether oxygens (including phenoxy) is 1. The highest BCUT2D eigenvalue weighted by Gasteiger charge is 2.09. The highest BCUT2D eigenvalue weighted by molar-refractivity contribution is 6.32. The number of anilines is 1. The fourth-order valence-corrected chi connectivity index (χ4v) is 3.34. The van der Waals surface area contributed by atoms with Crippen LogP contribution in [0.3, 0.4) is 0 Å². The van der Waals surface area contributed by atoms with Crippen LogP contribution in [0.4, 0.5) is 5.69 Å². The molecule has 1 aromatic heterocycles. The van der Waals surface area contributed by atoms with Crippen LogP contribution in [0, 0.1) is 0 Å². The van der Waals surface area contributed by atoms with Crippen molar-refractivity contribution in [2.24, 2.45) is 0 Å². The summed E-state index contributed by atoms with van der Waals surface area (Å²) in [7, 11) is 0. The lowest BCUT2D eigenvalue weighted by Gasteiger charge is -2.09. The third kappa shape index (κ3) is 5.66. The van der Waals surface area contributed by atoms with Crippen molar-refractivity contribution in [2.75, 3.05) is 5.32 Å². The lowest BCUT2D eigenvalue weighted by atomic mass is 10.1. The monoisotopic (exact) mass is 451 g/mol. The van der Waals surface area contributed by atoms with Gasteiger partial charge in [-0.05, 0) is 47.5 Å². The number of aromatic nitrogens is 2. The first-order valence-electron chi connectivity index (χ1n) is 9.61. The molecular weight excluding hydrogens is 433 g/mol. The summed E-state index contributed by atoms with van der Waals surface area (Å²) >= 11 is 12.0. The smallest absolute Gasteiger partial charge is 0.255 e. The Morgan fingerprint density at radius 3 is 2.58 bits per heavy atom. The number of para-hydroxylation sites is 1. The second-order valence-electron chi connectivity index (χ2n) is 6.93. The first-order valence-corrected chi connectivity index (χ1v) is 10.4. The highest BCUT2D eigenvalue weighted by atomic mass is 35.5. The van der Waals surface area contributed by atoms with Gasteiger partial charge in [0.05, 0.1) is 23.5 Å². The van der Waals surface area contributed by atoms with Gasteiger partial charge in [-0.2, -0.15) is 5.10 Å². The Hall–Kier alpha value is -3.28. The van der Waals surface area contributed by atoms with Gasteiger partial charge in [-0.3, -0.25) is 9.48 Å². The summed E-state index contributed by atoms with van der Waals surface area (Å²) < 4.78 is 7.51. The maximum atomic E-state index is 12.7. The lowest BCUT2D eigenvalue weighted by Crippen LogP contribution is -2.12. The lowest BCUT2D eigenvalue weighted by molar-refractivity contribution is 0.102. The van der Waals surface area contributed by atoms with Crippen molar-refractivity contribution >= 4 is 34.8 Å². The van der Waals surface area contributed by atoms with Crippen LogP contribution in [0.5, 0.6) is 5.75 Å². The fraction of sp³-hybridized carbons (Fsp3) is 0.0833. The molecule has 0 saturated carbocycles. The SMILES string of the molecule is O=C(Nc1cnn(Cc2ccc(Cl)cc2)c1)c1cccc(COc2ccccc2Cl)c1. The number of carbonyl (C=O) groups excluding carboxylic acids is 1. The molecule has 0 bridgehead atoms. The second kappa shape index (κ2) is 9.69. The predicted octanol–water partition coefficient (Wildman–Crippen LogP) is 6.07. The van der Waals surface area contributed by atoms with Gasteiger partial charge >= 0.3 is 0 Å². The van der Waals surface area contributed by atoms with Gasteiger partial charge in [0.15, 0.2) is 0 Å². The van der Waals surface area contributed by atoms with Crippen LogP contribution in [0.2, 0.25) is 10.0 Å². The second-order valence-corrected chi connectivity index (χ2v) is 7.77.